The molecule has 1 N–H and O–H groups in total. The molecule has 0 saturated carbocycles. The van der Waals surface area contributed by atoms with Crippen molar-refractivity contribution >= 4 is 0 Å². The molecule has 1 fully saturated rings. The first-order chi connectivity index (χ1) is 7.74. The number of likely N-dealkylation sites (N-methyl/N-ethyl adjacent to an activating group) is 1. The molecular formula is C13H28N2O. The van der Waals surface area contributed by atoms with Crippen LogP contribution in [0, 0.1) is 0 Å². The zero-order chi connectivity index (χ0) is 11.8. The van der Waals surface area contributed by atoms with E-state index in [1.807, 2.05) is 7.05 Å². The highest BCUT2D eigenvalue weighted by Crippen LogP contribution is 2.16. The maximum atomic E-state index is 5.93. The molecule has 0 aromatic heterocycles. The number of nitrogens with zero attached hydrogens (tertiary/aromatic N) is 1. The van der Waals surface area contributed by atoms with Crippen LogP contribution in [0.15, 0.2) is 0 Å². The fraction of sp³-hybridized carbons (Fsp3) is 1.00. The van der Waals surface area contributed by atoms with Crippen LogP contribution < -0.4 is 5.32 Å². The lowest BCUT2D eigenvalue weighted by molar-refractivity contribution is 0.00799. The molecule has 1 heterocycles. The van der Waals surface area contributed by atoms with Crippen molar-refractivity contribution in [1.29, 1.82) is 0 Å². The van der Waals surface area contributed by atoms with E-state index >= 15 is 0 Å². The molecule has 0 amide bonds. The summed E-state index contributed by atoms with van der Waals surface area (Å²) in [5.74, 6) is 0. The first-order valence-electron chi connectivity index (χ1n) is 6.70. The van der Waals surface area contributed by atoms with Crippen LogP contribution in [0.5, 0.6) is 0 Å². The molecule has 96 valence electrons. The van der Waals surface area contributed by atoms with Gasteiger partial charge in [-0.1, -0.05) is 6.42 Å². The summed E-state index contributed by atoms with van der Waals surface area (Å²) in [7, 11) is 4.22. The second-order valence-corrected chi connectivity index (χ2v) is 5.02. The number of hydrogen-bond donors (Lipinski definition) is 1. The van der Waals surface area contributed by atoms with Crippen LogP contribution in [0.1, 0.15) is 39.0 Å². The molecule has 1 rings (SSSR count). The van der Waals surface area contributed by atoms with E-state index in [9.17, 15) is 0 Å². The molecule has 1 aliphatic heterocycles. The summed E-state index contributed by atoms with van der Waals surface area (Å²) in [4.78, 5) is 2.45. The summed E-state index contributed by atoms with van der Waals surface area (Å²) in [5.41, 5.74) is 0. The maximum Gasteiger partial charge on any atom is 0.0625 e. The Morgan fingerprint density at radius 3 is 2.94 bits per heavy atom. The Labute approximate surface area is 101 Å². The molecule has 0 radical (unpaired) electrons. The standard InChI is InChI=1S/C13H28N2O/c1-12(7-6-9-14-2)16-11-13-8-4-5-10-15(13)3/h12-14H,4-11H2,1-3H3. The molecule has 2 unspecified atom stereocenters. The summed E-state index contributed by atoms with van der Waals surface area (Å²) >= 11 is 0. The van der Waals surface area contributed by atoms with E-state index in [2.05, 4.69) is 24.2 Å². The van der Waals surface area contributed by atoms with Gasteiger partial charge in [-0.3, -0.25) is 0 Å². The second-order valence-electron chi connectivity index (χ2n) is 5.02. The van der Waals surface area contributed by atoms with Crippen molar-refractivity contribution in [1.82, 2.24) is 10.2 Å². The molecule has 1 aliphatic rings. The third-order valence-electron chi connectivity index (χ3n) is 3.53. The Morgan fingerprint density at radius 1 is 1.44 bits per heavy atom. The monoisotopic (exact) mass is 228 g/mol. The van der Waals surface area contributed by atoms with Crippen molar-refractivity contribution in [3.05, 3.63) is 0 Å². The molecule has 16 heavy (non-hydrogen) atoms. The van der Waals surface area contributed by atoms with Gasteiger partial charge >= 0.3 is 0 Å². The first kappa shape index (κ1) is 13.9. The van der Waals surface area contributed by atoms with Gasteiger partial charge in [0.15, 0.2) is 0 Å². The van der Waals surface area contributed by atoms with Crippen LogP contribution in [0.2, 0.25) is 0 Å². The average molecular weight is 228 g/mol. The third kappa shape index (κ3) is 5.28. The summed E-state index contributed by atoms with van der Waals surface area (Å²) in [6.45, 7) is 5.44. The molecule has 3 heteroatoms. The van der Waals surface area contributed by atoms with Gasteiger partial charge in [0.05, 0.1) is 12.7 Å². The number of likely N-dealkylation sites (tertiary alicyclic amines) is 1. The molecule has 0 aromatic rings. The Morgan fingerprint density at radius 2 is 2.25 bits per heavy atom. The number of nitrogens with one attached hydrogen (secondary N) is 1. The lowest BCUT2D eigenvalue weighted by Crippen LogP contribution is -2.40. The van der Waals surface area contributed by atoms with Gasteiger partial charge in [-0.15, -0.1) is 0 Å². The van der Waals surface area contributed by atoms with Gasteiger partial charge in [-0.2, -0.15) is 0 Å². The molecule has 0 aromatic carbocycles. The molecule has 0 spiro atoms. The van der Waals surface area contributed by atoms with Crippen LogP contribution in [0.4, 0.5) is 0 Å². The Bertz CT molecular complexity index is 175. The number of ether oxygens (including phenoxy) is 1. The van der Waals surface area contributed by atoms with Gasteiger partial charge in [0, 0.05) is 6.04 Å². The lowest BCUT2D eigenvalue weighted by atomic mass is 10.0. The SMILES string of the molecule is CNCCCC(C)OCC1CCCCN1C. The zero-order valence-corrected chi connectivity index (χ0v) is 11.2. The van der Waals surface area contributed by atoms with Crippen LogP contribution in [-0.4, -0.2) is 50.8 Å². The molecule has 1 saturated heterocycles. The van der Waals surface area contributed by atoms with Crippen molar-refractivity contribution in [2.75, 3.05) is 33.8 Å². The van der Waals surface area contributed by atoms with Gasteiger partial charge < -0.3 is 15.0 Å². The van der Waals surface area contributed by atoms with Gasteiger partial charge in [0.1, 0.15) is 0 Å². The van der Waals surface area contributed by atoms with E-state index in [1.54, 1.807) is 0 Å². The summed E-state index contributed by atoms with van der Waals surface area (Å²) in [5, 5.41) is 3.17. The van der Waals surface area contributed by atoms with Gasteiger partial charge in [-0.25, -0.2) is 0 Å². The predicted octanol–water partition coefficient (Wildman–Crippen LogP) is 1.88. The average Bonchev–Trinajstić information content (AvgIpc) is 2.28. The fourth-order valence-electron chi connectivity index (χ4n) is 2.28. The van der Waals surface area contributed by atoms with Gasteiger partial charge in [0.25, 0.3) is 0 Å². The predicted molar refractivity (Wildman–Crippen MR) is 68.8 cm³/mol. The molecular weight excluding hydrogens is 200 g/mol. The van der Waals surface area contributed by atoms with E-state index in [1.165, 1.54) is 32.2 Å². The number of piperidine rings is 1. The lowest BCUT2D eigenvalue weighted by Gasteiger charge is -2.33. The third-order valence-corrected chi connectivity index (χ3v) is 3.53. The number of hydrogen-bond acceptors (Lipinski definition) is 3. The molecule has 0 aliphatic carbocycles. The van der Waals surface area contributed by atoms with E-state index in [0.29, 0.717) is 12.1 Å². The molecule has 2 atom stereocenters. The summed E-state index contributed by atoms with van der Waals surface area (Å²) in [6, 6.07) is 0.653. The van der Waals surface area contributed by atoms with E-state index in [4.69, 9.17) is 4.74 Å². The maximum absolute atomic E-state index is 5.93. The number of rotatable bonds is 7. The Hall–Kier alpha value is -0.120. The Balaban J connectivity index is 2.07. The van der Waals surface area contributed by atoms with Crippen LogP contribution >= 0.6 is 0 Å². The fourth-order valence-corrected chi connectivity index (χ4v) is 2.28. The topological polar surface area (TPSA) is 24.5 Å². The molecule has 3 nitrogen and oxygen atoms in total. The van der Waals surface area contributed by atoms with Crippen molar-refractivity contribution < 1.29 is 4.74 Å². The molecule has 0 bridgehead atoms. The quantitative estimate of drug-likeness (QED) is 0.673. The van der Waals surface area contributed by atoms with Crippen LogP contribution in [-0.2, 0) is 4.74 Å². The van der Waals surface area contributed by atoms with Crippen molar-refractivity contribution in [2.24, 2.45) is 0 Å². The van der Waals surface area contributed by atoms with E-state index in [-0.39, 0.29) is 0 Å². The highest BCUT2D eigenvalue weighted by molar-refractivity contribution is 4.74. The zero-order valence-electron chi connectivity index (χ0n) is 11.2. The smallest absolute Gasteiger partial charge is 0.0625 e. The minimum absolute atomic E-state index is 0.406. The van der Waals surface area contributed by atoms with Crippen molar-refractivity contribution in [3.63, 3.8) is 0 Å². The highest BCUT2D eigenvalue weighted by Gasteiger charge is 2.19. The van der Waals surface area contributed by atoms with E-state index in [0.717, 1.165) is 19.6 Å². The normalized spacial score (nSPS) is 24.6. The first-order valence-corrected chi connectivity index (χ1v) is 6.70. The van der Waals surface area contributed by atoms with Gasteiger partial charge in [-0.05, 0) is 59.8 Å². The van der Waals surface area contributed by atoms with Crippen molar-refractivity contribution in [2.45, 2.75) is 51.2 Å². The van der Waals surface area contributed by atoms with Gasteiger partial charge in [0.2, 0.25) is 0 Å². The van der Waals surface area contributed by atoms with Crippen LogP contribution in [0.25, 0.3) is 0 Å². The summed E-state index contributed by atoms with van der Waals surface area (Å²) in [6.07, 6.45) is 6.80. The van der Waals surface area contributed by atoms with E-state index < -0.39 is 0 Å². The second kappa shape index (κ2) is 8.04. The highest BCUT2D eigenvalue weighted by atomic mass is 16.5. The minimum atomic E-state index is 0.406. The largest absolute Gasteiger partial charge is 0.377 e. The minimum Gasteiger partial charge on any atom is -0.377 e. The van der Waals surface area contributed by atoms with Crippen molar-refractivity contribution in [3.8, 4) is 0 Å². The Kier molecular flexibility index (Phi) is 7.01. The summed E-state index contributed by atoms with van der Waals surface area (Å²) < 4.78 is 5.93. The van der Waals surface area contributed by atoms with Crippen LogP contribution in [0.3, 0.4) is 0 Å².